The topological polar surface area (TPSA) is 173 Å². The van der Waals surface area contributed by atoms with Crippen LogP contribution in [0.25, 0.3) is 39.0 Å². The maximum Gasteiger partial charge on any atom is 0.407 e. The van der Waals surface area contributed by atoms with E-state index in [9.17, 15) is 28.0 Å². The number of H-pyrrole nitrogens is 1. The molecule has 298 valence electrons. The van der Waals surface area contributed by atoms with Crippen LogP contribution in [-0.4, -0.2) is 101 Å². The number of carbonyl (C=O) groups is 4. The number of esters is 1. The lowest BCUT2D eigenvalue weighted by atomic mass is 9.90. The van der Waals surface area contributed by atoms with E-state index < -0.39 is 54.4 Å². The maximum atomic E-state index is 14.8. The van der Waals surface area contributed by atoms with Crippen LogP contribution in [0.2, 0.25) is 0 Å². The molecule has 0 unspecified atom stereocenters. The average molecular weight is 777 g/mol. The monoisotopic (exact) mass is 776 g/mol. The molecule has 2 saturated heterocycles. The number of carbonyl (C=O) groups excluding carboxylic acids is 4. The second-order valence-electron chi connectivity index (χ2n) is 15.4. The zero-order valence-corrected chi connectivity index (χ0v) is 32.1. The first-order chi connectivity index (χ1) is 26.7. The third-order valence-corrected chi connectivity index (χ3v) is 11.0. The molecule has 2 N–H and O–H groups in total. The lowest BCUT2D eigenvalue weighted by Crippen LogP contribution is -2.51. The van der Waals surface area contributed by atoms with E-state index >= 15 is 0 Å². The van der Waals surface area contributed by atoms with Crippen LogP contribution in [0.4, 0.5) is 13.6 Å². The van der Waals surface area contributed by atoms with Crippen molar-refractivity contribution in [1.82, 2.24) is 25.1 Å². The van der Waals surface area contributed by atoms with Crippen LogP contribution in [0.15, 0.2) is 50.5 Å². The molecule has 2 fully saturated rings. The molecule has 1 aromatic carbocycles. The van der Waals surface area contributed by atoms with Crippen LogP contribution in [0.3, 0.4) is 0 Å². The zero-order valence-electron chi connectivity index (χ0n) is 32.1. The minimum absolute atomic E-state index is 0.0482. The molecule has 3 aromatic heterocycles. The summed E-state index contributed by atoms with van der Waals surface area (Å²) in [4.78, 5) is 66.4. The first kappa shape index (κ1) is 38.7. The van der Waals surface area contributed by atoms with Crippen LogP contribution in [0.1, 0.15) is 71.0 Å². The zero-order chi connectivity index (χ0) is 40.0. The number of rotatable bonds is 11. The molecule has 16 heteroatoms. The largest absolute Gasteiger partial charge is 0.469 e. The van der Waals surface area contributed by atoms with E-state index in [-0.39, 0.29) is 50.1 Å². The molecule has 56 heavy (non-hydrogen) atoms. The Morgan fingerprint density at radius 1 is 0.875 bits per heavy atom. The van der Waals surface area contributed by atoms with Crippen molar-refractivity contribution in [3.63, 3.8) is 0 Å². The molecule has 0 aliphatic carbocycles. The Hall–Kier alpha value is -5.54. The number of halogens is 2. The van der Waals surface area contributed by atoms with Gasteiger partial charge in [0.1, 0.15) is 46.8 Å². The van der Waals surface area contributed by atoms with Crippen molar-refractivity contribution in [1.29, 1.82) is 0 Å². The Kier molecular flexibility index (Phi) is 10.7. The Balaban J connectivity index is 1.05. The molecule has 3 aliphatic heterocycles. The summed E-state index contributed by atoms with van der Waals surface area (Å²) in [6, 6.07) is 5.32. The highest BCUT2D eigenvalue weighted by molar-refractivity contribution is 6.04. The van der Waals surface area contributed by atoms with Gasteiger partial charge in [0.2, 0.25) is 11.8 Å². The van der Waals surface area contributed by atoms with Crippen LogP contribution in [-0.2, 0) is 23.9 Å². The number of fused-ring (bicyclic) bond motifs is 2. The summed E-state index contributed by atoms with van der Waals surface area (Å²) in [5.41, 5.74) is 3.19. The van der Waals surface area contributed by atoms with E-state index in [1.54, 1.807) is 26.2 Å². The minimum atomic E-state index is -1.26. The summed E-state index contributed by atoms with van der Waals surface area (Å²) in [7, 11) is 2.50. The number of nitrogens with zero attached hydrogens (tertiary/aromatic N) is 4. The van der Waals surface area contributed by atoms with Gasteiger partial charge in [0.05, 0.1) is 57.9 Å². The van der Waals surface area contributed by atoms with Crippen molar-refractivity contribution in [2.45, 2.75) is 83.8 Å². The summed E-state index contributed by atoms with van der Waals surface area (Å²) in [6.07, 6.45) is 0.533. The molecule has 14 nitrogen and oxygen atoms in total. The van der Waals surface area contributed by atoms with Crippen LogP contribution >= 0.6 is 0 Å². The second kappa shape index (κ2) is 15.5. The van der Waals surface area contributed by atoms with Gasteiger partial charge in [-0.15, -0.1) is 0 Å². The number of furan rings is 2. The highest BCUT2D eigenvalue weighted by Crippen LogP contribution is 2.38. The highest BCUT2D eigenvalue weighted by Gasteiger charge is 2.44. The molecule has 3 amide bonds. The van der Waals surface area contributed by atoms with E-state index in [0.29, 0.717) is 46.3 Å². The first-order valence-electron chi connectivity index (χ1n) is 18.8. The van der Waals surface area contributed by atoms with Crippen molar-refractivity contribution in [3.05, 3.63) is 48.2 Å². The SMILES string of the molecule is COC(=O)C[C@H](C(=O)N1C[C@@H](F)C[C@H]1C1=NC=C(c2cc3cc4oc(-c5cnc([C@@H]6C[C@H](F)CN6C(=O)[C@@H](NC(=O)OC)C(C)C)[nH]5)cc4cc3o2)C1)C(C)C. The number of aliphatic imine (C=N–C) groups is 1. The molecule has 0 saturated carbocycles. The fraction of sp³-hybridized carbons (Fsp3) is 0.500. The standard InChI is InChI=1S/C40H46F2N6O8/c1-19(2)26(14-35(49)53-5)38(50)47-17-24(41)12-29(47)27-7-23(15-43-27)33-10-21-8-32-22(9-31(21)55-33)11-34(56-32)28-16-44-37(45-28)30-13-25(42)18-48(30)39(51)36(20(3)4)46-40(52)54-6/h8-11,15-16,19-20,24-26,29-30,36H,7,12-14,17-18H2,1-6H3,(H,44,45)(H,46,52)/t24-,25-,26-,29-,30-,36-/m0/s1. The molecule has 3 aliphatic rings. The van der Waals surface area contributed by atoms with Gasteiger partial charge < -0.3 is 38.4 Å². The van der Waals surface area contributed by atoms with Gasteiger partial charge in [-0.3, -0.25) is 19.4 Å². The minimum Gasteiger partial charge on any atom is -0.469 e. The molecule has 4 aromatic rings. The summed E-state index contributed by atoms with van der Waals surface area (Å²) >= 11 is 0. The van der Waals surface area contributed by atoms with Crippen molar-refractivity contribution in [3.8, 4) is 11.5 Å². The van der Waals surface area contributed by atoms with Gasteiger partial charge in [-0.2, -0.15) is 0 Å². The quantitative estimate of drug-likeness (QED) is 0.161. The normalized spacial score (nSPS) is 22.2. The number of nitrogens with one attached hydrogen (secondary N) is 2. The van der Waals surface area contributed by atoms with Crippen molar-refractivity contribution < 1.29 is 46.3 Å². The third kappa shape index (κ3) is 7.52. The van der Waals surface area contributed by atoms with Crippen molar-refractivity contribution in [2.75, 3.05) is 27.3 Å². The number of ether oxygens (including phenoxy) is 2. The number of aromatic amines is 1. The number of likely N-dealkylation sites (tertiary alicyclic amines) is 2. The lowest BCUT2D eigenvalue weighted by Gasteiger charge is -2.30. The van der Waals surface area contributed by atoms with Crippen LogP contribution < -0.4 is 5.32 Å². The number of alkyl halides is 2. The van der Waals surface area contributed by atoms with Crippen LogP contribution in [0.5, 0.6) is 0 Å². The lowest BCUT2D eigenvalue weighted by molar-refractivity contribution is -0.148. The number of alkyl carbamates (subject to hydrolysis) is 1. The number of aromatic nitrogens is 2. The van der Waals surface area contributed by atoms with Gasteiger partial charge in [-0.1, -0.05) is 27.7 Å². The number of amides is 3. The Morgan fingerprint density at radius 2 is 1.50 bits per heavy atom. The fourth-order valence-electron chi connectivity index (χ4n) is 7.89. The Bertz CT molecular complexity index is 2170. The van der Waals surface area contributed by atoms with Gasteiger partial charge in [0.15, 0.2) is 5.76 Å². The number of methoxy groups -OCH3 is 2. The van der Waals surface area contributed by atoms with E-state index in [1.807, 2.05) is 38.1 Å². The Labute approximate surface area is 321 Å². The Morgan fingerprint density at radius 3 is 2.12 bits per heavy atom. The van der Waals surface area contributed by atoms with E-state index in [2.05, 4.69) is 20.3 Å². The number of hydrogen-bond donors (Lipinski definition) is 2. The first-order valence-corrected chi connectivity index (χ1v) is 18.8. The molecule has 0 bridgehead atoms. The second-order valence-corrected chi connectivity index (χ2v) is 15.4. The van der Waals surface area contributed by atoms with E-state index in [1.165, 1.54) is 24.0 Å². The molecular formula is C40H46F2N6O8. The predicted octanol–water partition coefficient (Wildman–Crippen LogP) is 6.52. The number of imidazole rings is 1. The van der Waals surface area contributed by atoms with Crippen molar-refractivity contribution in [2.24, 2.45) is 22.7 Å². The van der Waals surface area contributed by atoms with Gasteiger partial charge in [-0.25, -0.2) is 18.6 Å². The molecule has 0 spiro atoms. The molecule has 0 radical (unpaired) electrons. The number of benzene rings is 1. The van der Waals surface area contributed by atoms with Gasteiger partial charge in [0.25, 0.3) is 0 Å². The summed E-state index contributed by atoms with van der Waals surface area (Å²) in [5.74, 6) is -0.763. The number of hydrogen-bond acceptors (Lipinski definition) is 10. The van der Waals surface area contributed by atoms with Crippen LogP contribution in [0, 0.1) is 17.8 Å². The number of allylic oxidation sites excluding steroid dienone is 1. The van der Waals surface area contributed by atoms with E-state index in [4.69, 9.17) is 18.3 Å². The predicted molar refractivity (Wildman–Crippen MR) is 202 cm³/mol. The molecule has 6 heterocycles. The van der Waals surface area contributed by atoms with Crippen molar-refractivity contribution >= 4 is 57.1 Å². The van der Waals surface area contributed by atoms with Gasteiger partial charge in [-0.05, 0) is 36.1 Å². The average Bonchev–Trinajstić information content (AvgIpc) is 4.01. The van der Waals surface area contributed by atoms with E-state index in [0.717, 1.165) is 16.3 Å². The highest BCUT2D eigenvalue weighted by atomic mass is 19.1. The summed E-state index contributed by atoms with van der Waals surface area (Å²) in [5, 5.41) is 4.11. The third-order valence-electron chi connectivity index (χ3n) is 11.0. The van der Waals surface area contributed by atoms with Gasteiger partial charge in [0, 0.05) is 47.5 Å². The summed E-state index contributed by atoms with van der Waals surface area (Å²) < 4.78 is 51.6. The molecular weight excluding hydrogens is 730 g/mol. The maximum absolute atomic E-state index is 14.8. The van der Waals surface area contributed by atoms with Gasteiger partial charge >= 0.3 is 12.1 Å². The smallest absolute Gasteiger partial charge is 0.407 e. The molecule has 7 rings (SSSR count). The fourth-order valence-corrected chi connectivity index (χ4v) is 7.89. The molecule has 6 atom stereocenters. The summed E-state index contributed by atoms with van der Waals surface area (Å²) in [6.45, 7) is 7.11.